The highest BCUT2D eigenvalue weighted by Crippen LogP contribution is 2.23. The molecule has 17 heavy (non-hydrogen) atoms. The van der Waals surface area contributed by atoms with Crippen molar-refractivity contribution in [1.82, 2.24) is 0 Å². The van der Waals surface area contributed by atoms with Crippen molar-refractivity contribution in [2.75, 3.05) is 0 Å². The molecule has 0 fully saturated rings. The van der Waals surface area contributed by atoms with E-state index < -0.39 is 5.97 Å². The molecule has 0 aromatic heterocycles. The molecule has 0 saturated carbocycles. The fraction of sp³-hybridized carbons (Fsp3) is 0.533. The number of carboxylic acids is 1. The van der Waals surface area contributed by atoms with Crippen LogP contribution >= 0.6 is 0 Å². The molecule has 0 spiro atoms. The van der Waals surface area contributed by atoms with Gasteiger partial charge in [0.1, 0.15) is 0 Å². The third kappa shape index (κ3) is 5.03. The molecule has 1 aromatic rings. The van der Waals surface area contributed by atoms with Crippen molar-refractivity contribution in [2.24, 2.45) is 5.92 Å². The van der Waals surface area contributed by atoms with Crippen LogP contribution in [0.1, 0.15) is 51.0 Å². The van der Waals surface area contributed by atoms with Crippen LogP contribution in [0.5, 0.6) is 0 Å². The SMILES string of the molecule is CC(C)CCCCC(C(=O)O)c1ccccc1. The van der Waals surface area contributed by atoms with Crippen LogP contribution < -0.4 is 0 Å². The van der Waals surface area contributed by atoms with E-state index in [9.17, 15) is 9.90 Å². The summed E-state index contributed by atoms with van der Waals surface area (Å²) < 4.78 is 0. The normalized spacial score (nSPS) is 12.6. The van der Waals surface area contributed by atoms with Crippen LogP contribution in [0.4, 0.5) is 0 Å². The molecule has 1 unspecified atom stereocenters. The molecule has 0 aliphatic carbocycles. The van der Waals surface area contributed by atoms with Crippen LogP contribution in [0, 0.1) is 5.92 Å². The maximum atomic E-state index is 11.2. The number of benzene rings is 1. The van der Waals surface area contributed by atoms with Crippen molar-refractivity contribution in [1.29, 1.82) is 0 Å². The first kappa shape index (κ1) is 13.8. The van der Waals surface area contributed by atoms with E-state index in [2.05, 4.69) is 13.8 Å². The van der Waals surface area contributed by atoms with Crippen LogP contribution in [-0.4, -0.2) is 11.1 Å². The maximum absolute atomic E-state index is 11.2. The summed E-state index contributed by atoms with van der Waals surface area (Å²) in [5, 5.41) is 9.24. The molecule has 2 heteroatoms. The average Bonchev–Trinajstić information content (AvgIpc) is 2.29. The monoisotopic (exact) mass is 234 g/mol. The van der Waals surface area contributed by atoms with E-state index in [4.69, 9.17) is 0 Å². The molecular weight excluding hydrogens is 212 g/mol. The van der Waals surface area contributed by atoms with Crippen LogP contribution in [-0.2, 0) is 4.79 Å². The van der Waals surface area contributed by atoms with Crippen molar-refractivity contribution in [2.45, 2.75) is 45.4 Å². The van der Waals surface area contributed by atoms with Crippen molar-refractivity contribution < 1.29 is 9.90 Å². The van der Waals surface area contributed by atoms with E-state index in [0.29, 0.717) is 5.92 Å². The molecule has 94 valence electrons. The fourth-order valence-electron chi connectivity index (χ4n) is 2.02. The second-order valence-corrected chi connectivity index (χ2v) is 4.98. The van der Waals surface area contributed by atoms with E-state index >= 15 is 0 Å². The quantitative estimate of drug-likeness (QED) is 0.722. The summed E-state index contributed by atoms with van der Waals surface area (Å²) in [7, 11) is 0. The lowest BCUT2D eigenvalue weighted by molar-refractivity contribution is -0.139. The van der Waals surface area contributed by atoms with Crippen LogP contribution in [0.15, 0.2) is 30.3 Å². The predicted octanol–water partition coefficient (Wildman–Crippen LogP) is 4.07. The maximum Gasteiger partial charge on any atom is 0.310 e. The first-order valence-corrected chi connectivity index (χ1v) is 6.39. The molecule has 1 atom stereocenters. The van der Waals surface area contributed by atoms with Gasteiger partial charge in [-0.05, 0) is 17.9 Å². The van der Waals surface area contributed by atoms with Gasteiger partial charge in [0, 0.05) is 0 Å². The zero-order valence-corrected chi connectivity index (χ0v) is 10.7. The topological polar surface area (TPSA) is 37.3 Å². The first-order valence-electron chi connectivity index (χ1n) is 6.39. The second-order valence-electron chi connectivity index (χ2n) is 4.98. The molecule has 1 N–H and O–H groups in total. The zero-order chi connectivity index (χ0) is 12.7. The Bertz CT molecular complexity index is 330. The minimum absolute atomic E-state index is 0.344. The van der Waals surface area contributed by atoms with Gasteiger partial charge in [0.25, 0.3) is 0 Å². The van der Waals surface area contributed by atoms with Crippen LogP contribution in [0.2, 0.25) is 0 Å². The van der Waals surface area contributed by atoms with Gasteiger partial charge in [-0.2, -0.15) is 0 Å². The summed E-state index contributed by atoms with van der Waals surface area (Å²) >= 11 is 0. The summed E-state index contributed by atoms with van der Waals surface area (Å²) in [6.45, 7) is 4.40. The van der Waals surface area contributed by atoms with Gasteiger partial charge >= 0.3 is 5.97 Å². The molecule has 0 bridgehead atoms. The van der Waals surface area contributed by atoms with Gasteiger partial charge in [-0.3, -0.25) is 4.79 Å². The highest BCUT2D eigenvalue weighted by molar-refractivity contribution is 5.75. The Hall–Kier alpha value is -1.31. The minimum Gasteiger partial charge on any atom is -0.481 e. The van der Waals surface area contributed by atoms with E-state index in [1.807, 2.05) is 30.3 Å². The fourth-order valence-corrected chi connectivity index (χ4v) is 2.02. The smallest absolute Gasteiger partial charge is 0.310 e. The molecule has 0 radical (unpaired) electrons. The highest BCUT2D eigenvalue weighted by atomic mass is 16.4. The number of aliphatic carboxylic acids is 1. The zero-order valence-electron chi connectivity index (χ0n) is 10.7. The number of hydrogen-bond donors (Lipinski definition) is 1. The largest absolute Gasteiger partial charge is 0.481 e. The lowest BCUT2D eigenvalue weighted by atomic mass is 9.92. The number of carbonyl (C=O) groups is 1. The Morgan fingerprint density at radius 1 is 1.12 bits per heavy atom. The Morgan fingerprint density at radius 2 is 1.71 bits per heavy atom. The molecule has 0 amide bonds. The van der Waals surface area contributed by atoms with Gasteiger partial charge in [0.15, 0.2) is 0 Å². The molecule has 0 aliphatic heterocycles. The summed E-state index contributed by atoms with van der Waals surface area (Å²) in [5.74, 6) is -0.348. The molecule has 1 aromatic carbocycles. The predicted molar refractivity (Wildman–Crippen MR) is 70.1 cm³/mol. The van der Waals surface area contributed by atoms with Crippen LogP contribution in [0.3, 0.4) is 0 Å². The Balaban J connectivity index is 2.48. The molecule has 0 aliphatic rings. The van der Waals surface area contributed by atoms with Gasteiger partial charge < -0.3 is 5.11 Å². The van der Waals surface area contributed by atoms with Crippen molar-refractivity contribution in [3.63, 3.8) is 0 Å². The van der Waals surface area contributed by atoms with Gasteiger partial charge in [-0.1, -0.05) is 63.4 Å². The number of rotatable bonds is 7. The Kier molecular flexibility index (Phi) is 5.75. The molecule has 2 nitrogen and oxygen atoms in total. The van der Waals surface area contributed by atoms with E-state index in [0.717, 1.165) is 24.8 Å². The Morgan fingerprint density at radius 3 is 2.24 bits per heavy atom. The third-order valence-corrected chi connectivity index (χ3v) is 3.02. The average molecular weight is 234 g/mol. The summed E-state index contributed by atoms with van der Waals surface area (Å²) in [6, 6.07) is 9.53. The van der Waals surface area contributed by atoms with Crippen molar-refractivity contribution in [3.8, 4) is 0 Å². The van der Waals surface area contributed by atoms with Gasteiger partial charge in [0.2, 0.25) is 0 Å². The molecular formula is C15H22O2. The number of hydrogen-bond acceptors (Lipinski definition) is 1. The highest BCUT2D eigenvalue weighted by Gasteiger charge is 2.18. The third-order valence-electron chi connectivity index (χ3n) is 3.02. The first-order chi connectivity index (χ1) is 8.11. The number of unbranched alkanes of at least 4 members (excludes halogenated alkanes) is 1. The lowest BCUT2D eigenvalue weighted by Crippen LogP contribution is -2.11. The standard InChI is InChI=1S/C15H22O2/c1-12(2)8-6-7-11-14(15(16)17)13-9-4-3-5-10-13/h3-5,9-10,12,14H,6-8,11H2,1-2H3,(H,16,17). The molecule has 1 rings (SSSR count). The second kappa shape index (κ2) is 7.10. The molecule has 0 saturated heterocycles. The van der Waals surface area contributed by atoms with Crippen molar-refractivity contribution >= 4 is 5.97 Å². The van der Waals surface area contributed by atoms with E-state index in [-0.39, 0.29) is 5.92 Å². The number of carboxylic acid groups (broad SMARTS) is 1. The molecule has 0 heterocycles. The van der Waals surface area contributed by atoms with Gasteiger partial charge in [-0.15, -0.1) is 0 Å². The minimum atomic E-state index is -0.708. The van der Waals surface area contributed by atoms with E-state index in [1.165, 1.54) is 6.42 Å². The van der Waals surface area contributed by atoms with Gasteiger partial charge in [0.05, 0.1) is 5.92 Å². The van der Waals surface area contributed by atoms with E-state index in [1.54, 1.807) is 0 Å². The summed E-state index contributed by atoms with van der Waals surface area (Å²) in [4.78, 5) is 11.2. The van der Waals surface area contributed by atoms with Crippen LogP contribution in [0.25, 0.3) is 0 Å². The summed E-state index contributed by atoms with van der Waals surface area (Å²) in [6.07, 6.45) is 4.03. The van der Waals surface area contributed by atoms with Gasteiger partial charge in [-0.25, -0.2) is 0 Å². The Labute approximate surface area is 104 Å². The van der Waals surface area contributed by atoms with Crippen molar-refractivity contribution in [3.05, 3.63) is 35.9 Å². The summed E-state index contributed by atoms with van der Waals surface area (Å²) in [5.41, 5.74) is 0.921. The lowest BCUT2D eigenvalue weighted by Gasteiger charge is -2.12.